The van der Waals surface area contributed by atoms with Crippen molar-refractivity contribution in [2.75, 3.05) is 18.4 Å². The van der Waals surface area contributed by atoms with Crippen molar-refractivity contribution in [1.29, 1.82) is 0 Å². The molecule has 1 unspecified atom stereocenters. The molecular weight excluding hydrogens is 437 g/mol. The van der Waals surface area contributed by atoms with Crippen LogP contribution < -0.4 is 16.1 Å². The first-order valence-corrected chi connectivity index (χ1v) is 11.9. The van der Waals surface area contributed by atoms with Crippen molar-refractivity contribution < 1.29 is 23.6 Å². The van der Waals surface area contributed by atoms with Crippen molar-refractivity contribution in [3.05, 3.63) is 12.4 Å². The molecule has 0 radical (unpaired) electrons. The van der Waals surface area contributed by atoms with E-state index in [1.807, 2.05) is 27.7 Å². The lowest BCUT2D eigenvalue weighted by Crippen LogP contribution is -2.51. The minimum absolute atomic E-state index is 0.118. The number of nitrogens with zero attached hydrogens (tertiary/aromatic N) is 3. The zero-order valence-electron chi connectivity index (χ0n) is 21.6. The molecule has 2 N–H and O–H groups in total. The lowest BCUT2D eigenvalue weighted by atomic mass is 9.81. The molecule has 3 rings (SSSR count). The number of alkyl carbamates (subject to hydrolysis) is 1. The highest BCUT2D eigenvalue weighted by Gasteiger charge is 2.52. The predicted octanol–water partition coefficient (Wildman–Crippen LogP) is 2.09. The van der Waals surface area contributed by atoms with E-state index in [-0.39, 0.29) is 11.9 Å². The van der Waals surface area contributed by atoms with E-state index in [1.54, 1.807) is 45.0 Å². The molecule has 0 spiro atoms. The summed E-state index contributed by atoms with van der Waals surface area (Å²) in [5.74, 6) is 0.414. The monoisotopic (exact) mass is 475 g/mol. The number of hydrogen-bond acceptors (Lipinski definition) is 8. The molecule has 1 atom stereocenters. The number of hydrogen-bond donors (Lipinski definition) is 2. The molecule has 34 heavy (non-hydrogen) atoms. The van der Waals surface area contributed by atoms with E-state index in [0.717, 1.165) is 18.3 Å². The van der Waals surface area contributed by atoms with Crippen LogP contribution in [-0.4, -0.2) is 76.0 Å². The molecule has 0 aromatic carbocycles. The quantitative estimate of drug-likeness (QED) is 0.623. The van der Waals surface area contributed by atoms with E-state index >= 15 is 0 Å². The smallest absolute Gasteiger partial charge is 0.444 e. The van der Waals surface area contributed by atoms with Gasteiger partial charge in [-0.1, -0.05) is 0 Å². The SMILES string of the molecule is CC(NC(=O)OC(C)(C)C)C(=O)N1CCC(Nc2ncc(B3OC(C)(C)C(C)(C)O3)cn2)CC1. The number of nitrogens with one attached hydrogen (secondary N) is 2. The van der Waals surface area contributed by atoms with Gasteiger partial charge >= 0.3 is 13.2 Å². The molecule has 1 aromatic rings. The number of aromatic nitrogens is 2. The molecule has 2 fully saturated rings. The first-order chi connectivity index (χ1) is 15.7. The number of anilines is 1. The normalized spacial score (nSPS) is 21.2. The highest BCUT2D eigenvalue weighted by molar-refractivity contribution is 6.61. The van der Waals surface area contributed by atoms with Crippen LogP contribution in [0.4, 0.5) is 10.7 Å². The summed E-state index contributed by atoms with van der Waals surface area (Å²) in [6.45, 7) is 16.2. The van der Waals surface area contributed by atoms with Crippen molar-refractivity contribution in [3.63, 3.8) is 0 Å². The van der Waals surface area contributed by atoms with Crippen LogP contribution in [0, 0.1) is 0 Å². The van der Waals surface area contributed by atoms with Gasteiger partial charge in [0.15, 0.2) is 0 Å². The molecule has 2 aliphatic heterocycles. The maximum atomic E-state index is 12.7. The van der Waals surface area contributed by atoms with Gasteiger partial charge in [0.2, 0.25) is 11.9 Å². The number of rotatable bonds is 5. The number of likely N-dealkylation sites (tertiary alicyclic amines) is 1. The third-order valence-electron chi connectivity index (χ3n) is 6.44. The zero-order chi connectivity index (χ0) is 25.3. The summed E-state index contributed by atoms with van der Waals surface area (Å²) in [6, 6.07) is -0.494. The largest absolute Gasteiger partial charge is 0.498 e. The molecule has 2 aliphatic rings. The Balaban J connectivity index is 1.46. The first kappa shape index (κ1) is 26.2. The third kappa shape index (κ3) is 6.38. The molecule has 10 nitrogen and oxygen atoms in total. The molecule has 0 aliphatic carbocycles. The molecule has 188 valence electrons. The third-order valence-corrected chi connectivity index (χ3v) is 6.44. The van der Waals surface area contributed by atoms with Crippen molar-refractivity contribution in [2.45, 2.75) is 97.1 Å². The Hall–Kier alpha value is -2.40. The topological polar surface area (TPSA) is 115 Å². The molecule has 0 bridgehead atoms. The summed E-state index contributed by atoms with van der Waals surface area (Å²) in [6.07, 6.45) is 4.37. The Morgan fingerprint density at radius 2 is 1.65 bits per heavy atom. The number of ether oxygens (including phenoxy) is 1. The van der Waals surface area contributed by atoms with Crippen LogP contribution in [0.25, 0.3) is 0 Å². The van der Waals surface area contributed by atoms with Crippen LogP contribution in [0.15, 0.2) is 12.4 Å². The number of carbonyl (C=O) groups excluding carboxylic acids is 2. The minimum Gasteiger partial charge on any atom is -0.444 e. The standard InChI is InChI=1S/C23H38BN5O5/c1-15(27-20(31)32-21(2,3)4)18(30)29-11-9-17(10-12-29)28-19-25-13-16(14-26-19)24-33-22(5,6)23(7,8)34-24/h13-15,17H,9-12H2,1-8H3,(H,27,31)(H,25,26,28). The van der Waals surface area contributed by atoms with Gasteiger partial charge in [0.1, 0.15) is 11.6 Å². The average molecular weight is 475 g/mol. The van der Waals surface area contributed by atoms with E-state index in [0.29, 0.717) is 19.0 Å². The number of carbonyl (C=O) groups is 2. The zero-order valence-corrected chi connectivity index (χ0v) is 21.6. The molecule has 11 heteroatoms. The van der Waals surface area contributed by atoms with Crippen LogP contribution in [-0.2, 0) is 18.8 Å². The summed E-state index contributed by atoms with van der Waals surface area (Å²) < 4.78 is 17.3. The molecule has 1 aromatic heterocycles. The molecule has 0 saturated carbocycles. The van der Waals surface area contributed by atoms with E-state index in [2.05, 4.69) is 20.6 Å². The van der Waals surface area contributed by atoms with Gasteiger partial charge in [0.05, 0.1) is 11.2 Å². The van der Waals surface area contributed by atoms with Gasteiger partial charge < -0.3 is 29.6 Å². The van der Waals surface area contributed by atoms with Gasteiger partial charge in [-0.2, -0.15) is 0 Å². The Kier molecular flexibility index (Phi) is 7.47. The summed E-state index contributed by atoms with van der Waals surface area (Å²) >= 11 is 0. The molecule has 2 saturated heterocycles. The van der Waals surface area contributed by atoms with Crippen LogP contribution in [0.1, 0.15) is 68.2 Å². The van der Waals surface area contributed by atoms with Crippen LogP contribution in [0.2, 0.25) is 0 Å². The maximum absolute atomic E-state index is 12.7. The van der Waals surface area contributed by atoms with Crippen molar-refractivity contribution in [2.24, 2.45) is 0 Å². The average Bonchev–Trinajstić information content (AvgIpc) is 2.94. The van der Waals surface area contributed by atoms with Crippen molar-refractivity contribution in [3.8, 4) is 0 Å². The molecule has 3 heterocycles. The van der Waals surface area contributed by atoms with E-state index < -0.39 is 36.1 Å². The van der Waals surface area contributed by atoms with Gasteiger partial charge in [0.25, 0.3) is 0 Å². The summed E-state index contributed by atoms with van der Waals surface area (Å²) in [4.78, 5) is 35.3. The van der Waals surface area contributed by atoms with Gasteiger partial charge in [-0.3, -0.25) is 4.79 Å². The van der Waals surface area contributed by atoms with E-state index in [4.69, 9.17) is 14.0 Å². The maximum Gasteiger partial charge on any atom is 0.498 e. The van der Waals surface area contributed by atoms with Crippen LogP contribution >= 0.6 is 0 Å². The van der Waals surface area contributed by atoms with Crippen molar-refractivity contribution >= 4 is 30.5 Å². The van der Waals surface area contributed by atoms with E-state index in [9.17, 15) is 9.59 Å². The van der Waals surface area contributed by atoms with Gasteiger partial charge in [0, 0.05) is 37.0 Å². The van der Waals surface area contributed by atoms with Crippen LogP contribution in [0.5, 0.6) is 0 Å². The molecule has 2 amide bonds. The van der Waals surface area contributed by atoms with Gasteiger partial charge in [-0.15, -0.1) is 0 Å². The van der Waals surface area contributed by atoms with Crippen molar-refractivity contribution in [1.82, 2.24) is 20.2 Å². The summed E-state index contributed by atoms with van der Waals surface area (Å²) in [5, 5.41) is 5.96. The van der Waals surface area contributed by atoms with Gasteiger partial charge in [-0.05, 0) is 68.2 Å². The van der Waals surface area contributed by atoms with Gasteiger partial charge in [-0.25, -0.2) is 14.8 Å². The number of amides is 2. The second-order valence-corrected chi connectivity index (χ2v) is 11.0. The second kappa shape index (κ2) is 9.69. The second-order valence-electron chi connectivity index (χ2n) is 11.0. The number of piperidine rings is 1. The Morgan fingerprint density at radius 1 is 1.12 bits per heavy atom. The Labute approximate surface area is 202 Å². The fourth-order valence-corrected chi connectivity index (χ4v) is 3.76. The fraction of sp³-hybridized carbons (Fsp3) is 0.739. The minimum atomic E-state index is -0.648. The summed E-state index contributed by atoms with van der Waals surface area (Å²) in [7, 11) is -0.496. The Morgan fingerprint density at radius 3 is 2.15 bits per heavy atom. The first-order valence-electron chi connectivity index (χ1n) is 11.9. The van der Waals surface area contributed by atoms with E-state index in [1.165, 1.54) is 0 Å². The predicted molar refractivity (Wildman–Crippen MR) is 130 cm³/mol. The lowest BCUT2D eigenvalue weighted by Gasteiger charge is -2.34. The summed E-state index contributed by atoms with van der Waals surface area (Å²) in [5.41, 5.74) is -0.669. The lowest BCUT2D eigenvalue weighted by molar-refractivity contribution is -0.134. The fourth-order valence-electron chi connectivity index (χ4n) is 3.76. The highest BCUT2D eigenvalue weighted by atomic mass is 16.7. The highest BCUT2D eigenvalue weighted by Crippen LogP contribution is 2.36. The van der Waals surface area contributed by atoms with Crippen LogP contribution in [0.3, 0.4) is 0 Å². The Bertz CT molecular complexity index is 863. The molecular formula is C23H38BN5O5.